The Balaban J connectivity index is 4.03. The van der Waals surface area contributed by atoms with Gasteiger partial charge >= 0.3 is 0 Å². The maximum Gasteiger partial charge on any atom is 0.114 e. The van der Waals surface area contributed by atoms with Gasteiger partial charge in [0, 0.05) is 0 Å². The Bertz CT molecular complexity index is 147. The molecule has 0 aromatic carbocycles. The number of rotatable bonds is 4. The molecule has 10 heavy (non-hydrogen) atoms. The third-order valence-electron chi connectivity index (χ3n) is 1.03. The molecule has 0 bridgehead atoms. The van der Waals surface area contributed by atoms with Gasteiger partial charge in [-0.05, 0) is 12.0 Å². The van der Waals surface area contributed by atoms with Gasteiger partial charge in [0.25, 0.3) is 0 Å². The van der Waals surface area contributed by atoms with E-state index >= 15 is 0 Å². The normalized spacial score (nSPS) is 11.3. The molecule has 0 fully saturated rings. The van der Waals surface area contributed by atoms with Crippen LogP contribution in [0.1, 0.15) is 13.8 Å². The van der Waals surface area contributed by atoms with Gasteiger partial charge in [0.1, 0.15) is 6.26 Å². The van der Waals surface area contributed by atoms with E-state index in [1.54, 1.807) is 6.08 Å². The minimum Gasteiger partial charge on any atom is -0.365 e. The van der Waals surface area contributed by atoms with Crippen molar-refractivity contribution >= 4 is 5.71 Å². The summed E-state index contributed by atoms with van der Waals surface area (Å²) in [6.07, 6.45) is 2.96. The van der Waals surface area contributed by atoms with Crippen molar-refractivity contribution < 1.29 is 4.84 Å². The van der Waals surface area contributed by atoms with Crippen LogP contribution in [0, 0.1) is 5.92 Å². The molecule has 0 spiro atoms. The second-order valence-corrected chi connectivity index (χ2v) is 2.15. The zero-order valence-electron chi connectivity index (χ0n) is 6.50. The van der Waals surface area contributed by atoms with Gasteiger partial charge < -0.3 is 4.84 Å². The SMILES string of the molecule is C=CO/N=C(\C=C)C(C)C. The average Bonchev–Trinajstić information content (AvgIpc) is 1.89. The van der Waals surface area contributed by atoms with Gasteiger partial charge in [0.2, 0.25) is 0 Å². The quantitative estimate of drug-likeness (QED) is 0.333. The summed E-state index contributed by atoms with van der Waals surface area (Å²) in [7, 11) is 0. The van der Waals surface area contributed by atoms with Crippen LogP contribution in [0.15, 0.2) is 30.7 Å². The minimum atomic E-state index is 0.345. The van der Waals surface area contributed by atoms with Crippen LogP contribution in [-0.2, 0) is 4.84 Å². The molecule has 0 N–H and O–H groups in total. The van der Waals surface area contributed by atoms with E-state index in [4.69, 9.17) is 0 Å². The largest absolute Gasteiger partial charge is 0.365 e. The summed E-state index contributed by atoms with van der Waals surface area (Å²) in [4.78, 5) is 4.63. The van der Waals surface area contributed by atoms with E-state index in [-0.39, 0.29) is 0 Å². The van der Waals surface area contributed by atoms with Gasteiger partial charge in [-0.1, -0.05) is 32.2 Å². The van der Waals surface area contributed by atoms with Crippen molar-refractivity contribution in [2.45, 2.75) is 13.8 Å². The molecule has 0 aliphatic rings. The first kappa shape index (κ1) is 8.95. The first-order valence-electron chi connectivity index (χ1n) is 3.19. The smallest absolute Gasteiger partial charge is 0.114 e. The van der Waals surface area contributed by atoms with Gasteiger partial charge in [0.05, 0.1) is 5.71 Å². The van der Waals surface area contributed by atoms with Crippen LogP contribution in [0.5, 0.6) is 0 Å². The van der Waals surface area contributed by atoms with Crippen LogP contribution in [0.3, 0.4) is 0 Å². The summed E-state index contributed by atoms with van der Waals surface area (Å²) < 4.78 is 0. The van der Waals surface area contributed by atoms with Gasteiger partial charge in [-0.2, -0.15) is 0 Å². The zero-order valence-corrected chi connectivity index (χ0v) is 6.50. The number of oxime groups is 1. The first-order chi connectivity index (χ1) is 4.72. The molecule has 0 aromatic rings. The Kier molecular flexibility index (Phi) is 4.29. The predicted octanol–water partition coefficient (Wildman–Crippen LogP) is 2.34. The monoisotopic (exact) mass is 139 g/mol. The number of hydrogen-bond donors (Lipinski definition) is 0. The van der Waals surface area contributed by atoms with Gasteiger partial charge in [-0.3, -0.25) is 0 Å². The topological polar surface area (TPSA) is 21.6 Å². The second-order valence-electron chi connectivity index (χ2n) is 2.15. The molecular weight excluding hydrogens is 126 g/mol. The number of allylic oxidation sites excluding steroid dienone is 1. The van der Waals surface area contributed by atoms with Gasteiger partial charge in [-0.15, -0.1) is 0 Å². The maximum atomic E-state index is 4.63. The lowest BCUT2D eigenvalue weighted by atomic mass is 10.1. The fourth-order valence-electron chi connectivity index (χ4n) is 0.477. The molecule has 0 aromatic heterocycles. The molecule has 0 aliphatic heterocycles. The molecule has 0 saturated heterocycles. The van der Waals surface area contributed by atoms with Gasteiger partial charge in [-0.25, -0.2) is 0 Å². The summed E-state index contributed by atoms with van der Waals surface area (Å²) >= 11 is 0. The summed E-state index contributed by atoms with van der Waals surface area (Å²) in [5.41, 5.74) is 0.833. The summed E-state index contributed by atoms with van der Waals surface area (Å²) in [5, 5.41) is 3.74. The summed E-state index contributed by atoms with van der Waals surface area (Å²) in [6.45, 7) is 11.0. The highest BCUT2D eigenvalue weighted by Crippen LogP contribution is 1.98. The highest BCUT2D eigenvalue weighted by atomic mass is 16.6. The summed E-state index contributed by atoms with van der Waals surface area (Å²) in [6, 6.07) is 0. The molecule has 0 heterocycles. The van der Waals surface area contributed by atoms with Crippen LogP contribution in [0.25, 0.3) is 0 Å². The Morgan fingerprint density at radius 2 is 2.10 bits per heavy atom. The summed E-state index contributed by atoms with van der Waals surface area (Å²) in [5.74, 6) is 0.345. The van der Waals surface area contributed by atoms with Gasteiger partial charge in [0.15, 0.2) is 0 Å². The highest BCUT2D eigenvalue weighted by Gasteiger charge is 1.98. The molecule has 2 nitrogen and oxygen atoms in total. The van der Waals surface area contributed by atoms with E-state index in [1.165, 1.54) is 6.26 Å². The molecule has 56 valence electrons. The van der Waals surface area contributed by atoms with Crippen LogP contribution >= 0.6 is 0 Å². The molecule has 0 saturated carbocycles. The average molecular weight is 139 g/mol. The number of nitrogens with zero attached hydrogens (tertiary/aromatic N) is 1. The third-order valence-corrected chi connectivity index (χ3v) is 1.03. The molecule has 0 unspecified atom stereocenters. The molecule has 0 atom stereocenters. The van der Waals surface area contributed by atoms with Crippen molar-refractivity contribution in [3.05, 3.63) is 25.5 Å². The molecule has 0 amide bonds. The van der Waals surface area contributed by atoms with E-state index in [2.05, 4.69) is 23.2 Å². The fourth-order valence-corrected chi connectivity index (χ4v) is 0.477. The number of hydrogen-bond acceptors (Lipinski definition) is 2. The minimum absolute atomic E-state index is 0.345. The molecule has 0 radical (unpaired) electrons. The molecular formula is C8H13NO. The lowest BCUT2D eigenvalue weighted by Gasteiger charge is -2.01. The lowest BCUT2D eigenvalue weighted by Crippen LogP contribution is -2.02. The van der Waals surface area contributed by atoms with Crippen LogP contribution < -0.4 is 0 Å². The van der Waals surface area contributed by atoms with Crippen molar-refractivity contribution in [1.82, 2.24) is 0 Å². The Morgan fingerprint density at radius 3 is 2.40 bits per heavy atom. The molecule has 0 aliphatic carbocycles. The van der Waals surface area contributed by atoms with Crippen LogP contribution in [0.4, 0.5) is 0 Å². The standard InChI is InChI=1S/C8H13NO/c1-5-8(7(3)4)9-10-6-2/h5-7H,1-2H2,3-4H3/b9-8+. The van der Waals surface area contributed by atoms with Crippen molar-refractivity contribution in [1.29, 1.82) is 0 Å². The van der Waals surface area contributed by atoms with Crippen molar-refractivity contribution in [3.63, 3.8) is 0 Å². The molecule has 0 rings (SSSR count). The Morgan fingerprint density at radius 1 is 1.50 bits per heavy atom. The molecule has 2 heteroatoms. The van der Waals surface area contributed by atoms with Crippen LogP contribution in [-0.4, -0.2) is 5.71 Å². The predicted molar refractivity (Wildman–Crippen MR) is 43.8 cm³/mol. The van der Waals surface area contributed by atoms with E-state index in [9.17, 15) is 0 Å². The fraction of sp³-hybridized carbons (Fsp3) is 0.375. The first-order valence-corrected chi connectivity index (χ1v) is 3.19. The lowest BCUT2D eigenvalue weighted by molar-refractivity contribution is 0.268. The third kappa shape index (κ3) is 3.07. The Hall–Kier alpha value is -1.05. The maximum absolute atomic E-state index is 4.63. The Labute approximate surface area is 61.9 Å². The second kappa shape index (κ2) is 4.79. The van der Waals surface area contributed by atoms with Crippen molar-refractivity contribution in [2.24, 2.45) is 11.1 Å². The van der Waals surface area contributed by atoms with E-state index in [1.807, 2.05) is 13.8 Å². The highest BCUT2D eigenvalue weighted by molar-refractivity contribution is 5.95. The van der Waals surface area contributed by atoms with Crippen molar-refractivity contribution in [2.75, 3.05) is 0 Å². The van der Waals surface area contributed by atoms with E-state index < -0.39 is 0 Å². The van der Waals surface area contributed by atoms with Crippen LogP contribution in [0.2, 0.25) is 0 Å². The van der Waals surface area contributed by atoms with Crippen molar-refractivity contribution in [3.8, 4) is 0 Å². The zero-order chi connectivity index (χ0) is 7.98. The van der Waals surface area contributed by atoms with E-state index in [0.29, 0.717) is 5.92 Å². The van der Waals surface area contributed by atoms with E-state index in [0.717, 1.165) is 5.71 Å².